The standard InChI is InChI=1S/C13H8Br2O2S/c14-11-6-8(13(15)18-11)12(16)10-5-7-3-1-2-4-9(7)17-10/h1-4,6,10H,5H2. The average Bonchev–Trinajstić information content (AvgIpc) is 2.91. The first kappa shape index (κ1) is 12.4. The van der Waals surface area contributed by atoms with Gasteiger partial charge in [0.1, 0.15) is 5.75 Å². The molecule has 0 fully saturated rings. The van der Waals surface area contributed by atoms with Crippen molar-refractivity contribution in [3.05, 3.63) is 49.0 Å². The smallest absolute Gasteiger partial charge is 0.205 e. The van der Waals surface area contributed by atoms with Crippen LogP contribution in [0.4, 0.5) is 0 Å². The molecule has 0 saturated carbocycles. The van der Waals surface area contributed by atoms with Crippen LogP contribution >= 0.6 is 43.2 Å². The molecule has 0 bridgehead atoms. The molecule has 1 aliphatic heterocycles. The first-order chi connectivity index (χ1) is 8.65. The zero-order valence-electron chi connectivity index (χ0n) is 9.15. The van der Waals surface area contributed by atoms with E-state index < -0.39 is 6.10 Å². The summed E-state index contributed by atoms with van der Waals surface area (Å²) in [5, 5.41) is 0. The van der Waals surface area contributed by atoms with Crippen molar-refractivity contribution in [2.45, 2.75) is 12.5 Å². The normalized spacial score (nSPS) is 17.3. The predicted molar refractivity (Wildman–Crippen MR) is 78.6 cm³/mol. The van der Waals surface area contributed by atoms with Crippen molar-refractivity contribution in [2.24, 2.45) is 0 Å². The summed E-state index contributed by atoms with van der Waals surface area (Å²) < 4.78 is 7.49. The number of para-hydroxylation sites is 1. The number of ketones is 1. The Balaban J connectivity index is 1.87. The van der Waals surface area contributed by atoms with Crippen molar-refractivity contribution >= 4 is 49.0 Å². The molecule has 3 rings (SSSR count). The third kappa shape index (κ3) is 2.15. The number of ether oxygens (including phenoxy) is 1. The van der Waals surface area contributed by atoms with E-state index >= 15 is 0 Å². The summed E-state index contributed by atoms with van der Waals surface area (Å²) in [5.41, 5.74) is 1.78. The Hall–Kier alpha value is -0.650. The van der Waals surface area contributed by atoms with E-state index in [1.807, 2.05) is 30.3 Å². The minimum absolute atomic E-state index is 0.0278. The van der Waals surface area contributed by atoms with Gasteiger partial charge in [0.25, 0.3) is 0 Å². The van der Waals surface area contributed by atoms with E-state index in [9.17, 15) is 4.79 Å². The Labute approximate surface area is 125 Å². The lowest BCUT2D eigenvalue weighted by atomic mass is 10.0. The molecule has 1 atom stereocenters. The average molecular weight is 388 g/mol. The molecule has 0 aliphatic carbocycles. The summed E-state index contributed by atoms with van der Waals surface area (Å²) in [6.07, 6.45) is 0.245. The number of carbonyl (C=O) groups is 1. The molecule has 5 heteroatoms. The Bertz CT molecular complexity index is 596. The second-order valence-electron chi connectivity index (χ2n) is 4.02. The molecule has 92 valence electrons. The van der Waals surface area contributed by atoms with Gasteiger partial charge in [-0.05, 0) is 49.6 Å². The Kier molecular flexibility index (Phi) is 3.30. The van der Waals surface area contributed by atoms with Crippen LogP contribution in [0.1, 0.15) is 15.9 Å². The van der Waals surface area contributed by atoms with Crippen LogP contribution in [-0.4, -0.2) is 11.9 Å². The first-order valence-electron chi connectivity index (χ1n) is 5.39. The highest BCUT2D eigenvalue weighted by Crippen LogP contribution is 2.35. The van der Waals surface area contributed by atoms with E-state index in [1.54, 1.807) is 0 Å². The van der Waals surface area contributed by atoms with Gasteiger partial charge in [-0.2, -0.15) is 0 Å². The van der Waals surface area contributed by atoms with Crippen LogP contribution < -0.4 is 4.74 Å². The summed E-state index contributed by atoms with van der Waals surface area (Å²) in [6.45, 7) is 0. The van der Waals surface area contributed by atoms with E-state index in [-0.39, 0.29) is 5.78 Å². The molecule has 1 aliphatic rings. The van der Waals surface area contributed by atoms with Crippen LogP contribution in [-0.2, 0) is 6.42 Å². The number of benzene rings is 1. The van der Waals surface area contributed by atoms with Crippen molar-refractivity contribution in [3.8, 4) is 5.75 Å². The van der Waals surface area contributed by atoms with Gasteiger partial charge in [0, 0.05) is 12.0 Å². The molecule has 1 aromatic heterocycles. The number of Topliss-reactive ketones (excluding diaryl/α,β-unsaturated/α-hetero) is 1. The van der Waals surface area contributed by atoms with Crippen LogP contribution in [0.5, 0.6) is 5.75 Å². The molecule has 0 spiro atoms. The van der Waals surface area contributed by atoms with Crippen molar-refractivity contribution in [1.29, 1.82) is 0 Å². The second kappa shape index (κ2) is 4.79. The fourth-order valence-electron chi connectivity index (χ4n) is 2.01. The number of hydrogen-bond donors (Lipinski definition) is 0. The van der Waals surface area contributed by atoms with Gasteiger partial charge in [0.05, 0.1) is 7.57 Å². The number of fused-ring (bicyclic) bond motifs is 1. The summed E-state index contributed by atoms with van der Waals surface area (Å²) in [4.78, 5) is 12.4. The number of thiophene rings is 1. The monoisotopic (exact) mass is 386 g/mol. The van der Waals surface area contributed by atoms with Gasteiger partial charge < -0.3 is 4.74 Å². The molecule has 18 heavy (non-hydrogen) atoms. The number of rotatable bonds is 2. The fraction of sp³-hybridized carbons (Fsp3) is 0.154. The molecule has 2 aromatic rings. The van der Waals surface area contributed by atoms with Gasteiger partial charge in [-0.3, -0.25) is 4.79 Å². The molecule has 0 saturated heterocycles. The molecule has 0 radical (unpaired) electrons. The van der Waals surface area contributed by atoms with E-state index in [1.165, 1.54) is 11.3 Å². The lowest BCUT2D eigenvalue weighted by Gasteiger charge is -2.08. The maximum atomic E-state index is 12.4. The maximum absolute atomic E-state index is 12.4. The van der Waals surface area contributed by atoms with Crippen LogP contribution in [0.3, 0.4) is 0 Å². The third-order valence-corrected chi connectivity index (χ3v) is 5.20. The van der Waals surface area contributed by atoms with Gasteiger partial charge >= 0.3 is 0 Å². The molecule has 2 nitrogen and oxygen atoms in total. The van der Waals surface area contributed by atoms with Crippen LogP contribution in [0.2, 0.25) is 0 Å². The quantitative estimate of drug-likeness (QED) is 0.711. The molecule has 2 heterocycles. The zero-order valence-corrected chi connectivity index (χ0v) is 13.1. The van der Waals surface area contributed by atoms with Crippen molar-refractivity contribution in [2.75, 3.05) is 0 Å². The largest absolute Gasteiger partial charge is 0.482 e. The highest BCUT2D eigenvalue weighted by molar-refractivity contribution is 9.12. The van der Waals surface area contributed by atoms with E-state index in [4.69, 9.17) is 4.74 Å². The maximum Gasteiger partial charge on any atom is 0.205 e. The van der Waals surface area contributed by atoms with Gasteiger partial charge in [-0.15, -0.1) is 11.3 Å². The second-order valence-corrected chi connectivity index (χ2v) is 7.77. The first-order valence-corrected chi connectivity index (χ1v) is 7.79. The van der Waals surface area contributed by atoms with Crippen LogP contribution in [0.25, 0.3) is 0 Å². The minimum Gasteiger partial charge on any atom is -0.482 e. The highest BCUT2D eigenvalue weighted by atomic mass is 79.9. The lowest BCUT2D eigenvalue weighted by molar-refractivity contribution is 0.0824. The molecule has 1 unspecified atom stereocenters. The fourth-order valence-corrected chi connectivity index (χ4v) is 4.83. The molecule has 0 N–H and O–H groups in total. The molecule has 1 aromatic carbocycles. The highest BCUT2D eigenvalue weighted by Gasteiger charge is 2.31. The SMILES string of the molecule is O=C(c1cc(Br)sc1Br)C1Cc2ccccc2O1. The summed E-state index contributed by atoms with van der Waals surface area (Å²) in [6, 6.07) is 9.63. The molecule has 0 amide bonds. The number of carbonyl (C=O) groups excluding carboxylic acids is 1. The number of halogens is 2. The van der Waals surface area contributed by atoms with Crippen LogP contribution in [0, 0.1) is 0 Å². The van der Waals surface area contributed by atoms with Crippen LogP contribution in [0.15, 0.2) is 37.9 Å². The topological polar surface area (TPSA) is 26.3 Å². The Morgan fingerprint density at radius 3 is 2.78 bits per heavy atom. The minimum atomic E-state index is -0.403. The molecular weight excluding hydrogens is 380 g/mol. The van der Waals surface area contributed by atoms with Gasteiger partial charge in [0.15, 0.2) is 6.10 Å². The summed E-state index contributed by atoms with van der Waals surface area (Å²) >= 11 is 8.29. The number of hydrogen-bond acceptors (Lipinski definition) is 3. The van der Waals surface area contributed by atoms with E-state index in [0.717, 1.165) is 18.9 Å². The van der Waals surface area contributed by atoms with Crippen molar-refractivity contribution in [1.82, 2.24) is 0 Å². The van der Waals surface area contributed by atoms with Gasteiger partial charge in [-0.25, -0.2) is 0 Å². The summed E-state index contributed by atoms with van der Waals surface area (Å²) in [7, 11) is 0. The molecular formula is C13H8Br2O2S. The third-order valence-electron chi connectivity index (χ3n) is 2.86. The zero-order chi connectivity index (χ0) is 12.7. The van der Waals surface area contributed by atoms with Crippen molar-refractivity contribution < 1.29 is 9.53 Å². The van der Waals surface area contributed by atoms with E-state index in [0.29, 0.717) is 12.0 Å². The van der Waals surface area contributed by atoms with E-state index in [2.05, 4.69) is 31.9 Å². The summed E-state index contributed by atoms with van der Waals surface area (Å²) in [5.74, 6) is 0.848. The lowest BCUT2D eigenvalue weighted by Crippen LogP contribution is -2.25. The van der Waals surface area contributed by atoms with Gasteiger partial charge in [0.2, 0.25) is 5.78 Å². The Morgan fingerprint density at radius 2 is 2.11 bits per heavy atom. The predicted octanol–water partition coefficient (Wildman–Crippen LogP) is 4.46. The van der Waals surface area contributed by atoms with Gasteiger partial charge in [-0.1, -0.05) is 18.2 Å². The Morgan fingerprint density at radius 1 is 1.33 bits per heavy atom. The van der Waals surface area contributed by atoms with Crippen molar-refractivity contribution in [3.63, 3.8) is 0 Å².